The number of fused-ring (bicyclic) bond motifs is 5. The fourth-order valence-electron chi connectivity index (χ4n) is 9.24. The fourth-order valence-corrected chi connectivity index (χ4v) is 9.24. The highest BCUT2D eigenvalue weighted by molar-refractivity contribution is 6.03. The van der Waals surface area contributed by atoms with Gasteiger partial charge in [0.1, 0.15) is 53.7 Å². The van der Waals surface area contributed by atoms with Gasteiger partial charge in [0.25, 0.3) is 0 Å². The highest BCUT2D eigenvalue weighted by Crippen LogP contribution is 2.42. The molecule has 2 aromatic heterocycles. The van der Waals surface area contributed by atoms with E-state index in [1.807, 2.05) is 6.92 Å². The molecule has 2 unspecified atom stereocenters. The molecule has 4 aliphatic rings. The molecule has 60 heavy (non-hydrogen) atoms. The van der Waals surface area contributed by atoms with E-state index in [-0.39, 0.29) is 70.8 Å². The normalized spacial score (nSPS) is 22.2. The summed E-state index contributed by atoms with van der Waals surface area (Å²) in [6.45, 7) is 4.27. The quantitative estimate of drug-likeness (QED) is 0.0617. The van der Waals surface area contributed by atoms with Gasteiger partial charge in [-0.25, -0.2) is 18.0 Å². The number of hydrogen-bond acceptors (Lipinski definition) is 12. The number of carbonyl (C=O) groups excluding carboxylic acids is 2. The van der Waals surface area contributed by atoms with Crippen molar-refractivity contribution in [1.29, 1.82) is 0 Å². The molecule has 12 nitrogen and oxygen atoms in total. The summed E-state index contributed by atoms with van der Waals surface area (Å²) in [4.78, 5) is 43.1. The van der Waals surface area contributed by atoms with Crippen molar-refractivity contribution < 1.29 is 41.7 Å². The second-order valence-electron chi connectivity index (χ2n) is 16.1. The van der Waals surface area contributed by atoms with E-state index in [1.54, 1.807) is 24.3 Å². The number of hydrogen-bond donors (Lipinski definition) is 1. The molecule has 310 valence electrons. The lowest BCUT2D eigenvalue weighted by atomic mass is 9.95. The van der Waals surface area contributed by atoms with Gasteiger partial charge < -0.3 is 29.2 Å². The Morgan fingerprint density at radius 1 is 1.02 bits per heavy atom. The maximum atomic E-state index is 17.4. The number of esters is 1. The molecule has 0 saturated carbocycles. The molecule has 5 aromatic rings. The summed E-state index contributed by atoms with van der Waals surface area (Å²) in [6.07, 6.45) is 10.3. The zero-order valence-electron chi connectivity index (χ0n) is 33.0. The summed E-state index contributed by atoms with van der Waals surface area (Å²) >= 11 is 0. The van der Waals surface area contributed by atoms with Gasteiger partial charge in [-0.1, -0.05) is 31.0 Å². The minimum atomic E-state index is -1.06. The van der Waals surface area contributed by atoms with Crippen LogP contribution in [-0.2, 0) is 16.1 Å². The molecular weight excluding hydrogens is 778 g/mol. The molecule has 4 fully saturated rings. The van der Waals surface area contributed by atoms with Crippen LogP contribution in [0.2, 0.25) is 0 Å². The topological polar surface area (TPSA) is 128 Å². The number of terminal acetylenes is 1. The molecule has 1 N–H and O–H groups in total. The van der Waals surface area contributed by atoms with E-state index in [4.69, 9.17) is 30.4 Å². The lowest BCUT2D eigenvalue weighted by Gasteiger charge is -2.34. The van der Waals surface area contributed by atoms with Gasteiger partial charge in [0.15, 0.2) is 5.82 Å². The molecule has 4 aliphatic heterocycles. The summed E-state index contributed by atoms with van der Waals surface area (Å²) in [5.74, 6) is 1.29. The maximum Gasteiger partial charge on any atom is 0.514 e. The van der Waals surface area contributed by atoms with E-state index in [1.165, 1.54) is 30.5 Å². The molecule has 3 aromatic carbocycles. The molecule has 2 bridgehead atoms. The Labute approximate surface area is 344 Å². The number of anilines is 1. The van der Waals surface area contributed by atoms with Gasteiger partial charge >= 0.3 is 18.1 Å². The Morgan fingerprint density at radius 3 is 2.58 bits per heavy atom. The van der Waals surface area contributed by atoms with Gasteiger partial charge in [-0.3, -0.25) is 14.7 Å². The largest absolute Gasteiger partial charge is 0.514 e. The van der Waals surface area contributed by atoms with Crippen LogP contribution in [0.3, 0.4) is 0 Å². The minimum absolute atomic E-state index is 0.0386. The number of benzene rings is 3. The summed E-state index contributed by atoms with van der Waals surface area (Å²) < 4.78 is 69.9. The number of pyridine rings is 1. The van der Waals surface area contributed by atoms with Crippen LogP contribution in [0, 0.1) is 24.0 Å². The first-order valence-electron chi connectivity index (χ1n) is 20.4. The third-order valence-electron chi connectivity index (χ3n) is 12.0. The minimum Gasteiger partial charge on any atom is -0.461 e. The molecule has 0 spiro atoms. The van der Waals surface area contributed by atoms with Crippen molar-refractivity contribution in [3.8, 4) is 41.1 Å². The van der Waals surface area contributed by atoms with Crippen molar-refractivity contribution in [2.75, 3.05) is 37.7 Å². The lowest BCUT2D eigenvalue weighted by molar-refractivity contribution is -0.134. The smallest absolute Gasteiger partial charge is 0.461 e. The van der Waals surface area contributed by atoms with Crippen molar-refractivity contribution in [3.63, 3.8) is 0 Å². The number of nitrogens with one attached hydrogen (secondary N) is 1. The number of alkyl halides is 1. The Hall–Kier alpha value is -5.98. The van der Waals surface area contributed by atoms with Gasteiger partial charge in [0.05, 0.1) is 16.5 Å². The molecule has 0 amide bonds. The number of aromatic nitrogens is 3. The summed E-state index contributed by atoms with van der Waals surface area (Å²) in [5, 5.41) is 4.49. The van der Waals surface area contributed by atoms with E-state index in [0.717, 1.165) is 32.2 Å². The standard InChI is InChI=1S/C45H43F3N6O6/c1-3-6-37(55)59-31-12-7-26(8-13-31)24-57-44(56)60-32-17-27-9-14-36(47)33(4-2)38(27)34(18-32)40-39(48)41-35(20-49-40)42(53-22-29-10-11-30(23-53)50-29)52-43(51-41)58-25-45-15-5-16-54(45)21-28(46)19-45/h2,7-9,12-14,17-18,20,28-30,50H,3,5-6,10-11,15-16,19,21-25H2,1H3/t28-,29?,30?,45+/m1/s1. The van der Waals surface area contributed by atoms with E-state index < -0.39 is 29.5 Å². The van der Waals surface area contributed by atoms with Crippen LogP contribution in [0.25, 0.3) is 32.9 Å². The number of ether oxygens (including phenoxy) is 4. The Bertz CT molecular complexity index is 2520. The van der Waals surface area contributed by atoms with E-state index in [9.17, 15) is 14.0 Å². The number of piperazine rings is 1. The lowest BCUT2D eigenvalue weighted by Crippen LogP contribution is -2.51. The van der Waals surface area contributed by atoms with E-state index in [0.29, 0.717) is 66.8 Å². The van der Waals surface area contributed by atoms with Crippen LogP contribution < -0.4 is 24.4 Å². The maximum absolute atomic E-state index is 17.4. The molecular formula is C45H43F3N6O6. The van der Waals surface area contributed by atoms with Crippen LogP contribution in [-0.4, -0.2) is 88.6 Å². The van der Waals surface area contributed by atoms with E-state index in [2.05, 4.69) is 31.0 Å². The monoisotopic (exact) mass is 820 g/mol. The summed E-state index contributed by atoms with van der Waals surface area (Å²) in [5.41, 5.74) is -0.261. The van der Waals surface area contributed by atoms with Crippen molar-refractivity contribution in [2.24, 2.45) is 0 Å². The molecule has 0 radical (unpaired) electrons. The van der Waals surface area contributed by atoms with Gasteiger partial charge in [-0.05, 0) is 79.9 Å². The molecule has 6 heterocycles. The molecule has 0 aliphatic carbocycles. The van der Waals surface area contributed by atoms with Gasteiger partial charge in [0, 0.05) is 61.7 Å². The number of rotatable bonds is 11. The zero-order chi connectivity index (χ0) is 41.5. The predicted octanol–water partition coefficient (Wildman–Crippen LogP) is 7.42. The molecule has 4 atom stereocenters. The average molecular weight is 821 g/mol. The Morgan fingerprint density at radius 2 is 1.82 bits per heavy atom. The third kappa shape index (κ3) is 7.65. The number of carbonyl (C=O) groups is 2. The van der Waals surface area contributed by atoms with Gasteiger partial charge in [-0.2, -0.15) is 9.97 Å². The molecule has 4 saturated heterocycles. The first kappa shape index (κ1) is 39.5. The van der Waals surface area contributed by atoms with E-state index >= 15 is 8.78 Å². The second-order valence-corrected chi connectivity index (χ2v) is 16.1. The SMILES string of the molecule is C#Cc1c(F)ccc2cc(OC(=O)OCc3ccc(OC(=O)CCC)cc3)cc(-c3ncc4c(N5CC6CCC(C5)N6)nc(OC[C@@]56CCCN5C[C@H](F)C6)nc4c3F)c12. The zero-order valence-corrected chi connectivity index (χ0v) is 33.0. The fraction of sp³-hybridized carbons (Fsp3) is 0.400. The first-order chi connectivity index (χ1) is 29.1. The molecule has 15 heteroatoms. The van der Waals surface area contributed by atoms with Gasteiger partial charge in [-0.15, -0.1) is 6.42 Å². The summed E-state index contributed by atoms with van der Waals surface area (Å²) in [6, 6.07) is 12.4. The van der Waals surface area contributed by atoms with Crippen LogP contribution in [0.4, 0.5) is 23.8 Å². The highest BCUT2D eigenvalue weighted by atomic mass is 19.1. The van der Waals surface area contributed by atoms with Crippen molar-refractivity contribution in [1.82, 2.24) is 25.2 Å². The second kappa shape index (κ2) is 16.2. The van der Waals surface area contributed by atoms with Crippen molar-refractivity contribution in [3.05, 3.63) is 77.5 Å². The third-order valence-corrected chi connectivity index (χ3v) is 12.0. The first-order valence-corrected chi connectivity index (χ1v) is 20.4. The van der Waals surface area contributed by atoms with Crippen LogP contribution in [0.1, 0.15) is 63.0 Å². The van der Waals surface area contributed by atoms with Crippen LogP contribution in [0.5, 0.6) is 17.5 Å². The highest BCUT2D eigenvalue weighted by Gasteiger charge is 2.49. The van der Waals surface area contributed by atoms with Crippen molar-refractivity contribution >= 4 is 39.6 Å². The molecule has 9 rings (SSSR count). The Kier molecular flexibility index (Phi) is 10.7. The number of nitrogens with zero attached hydrogens (tertiary/aromatic N) is 5. The predicted molar refractivity (Wildman–Crippen MR) is 217 cm³/mol. The Balaban J connectivity index is 1.06. The number of halogens is 3. The van der Waals surface area contributed by atoms with Crippen LogP contribution in [0.15, 0.2) is 54.7 Å². The van der Waals surface area contributed by atoms with Crippen molar-refractivity contribution in [2.45, 2.75) is 82.3 Å². The van der Waals surface area contributed by atoms with Gasteiger partial charge in [0.2, 0.25) is 0 Å². The summed E-state index contributed by atoms with van der Waals surface area (Å²) in [7, 11) is 0. The van der Waals surface area contributed by atoms with Crippen LogP contribution >= 0.6 is 0 Å². The average Bonchev–Trinajstić information content (AvgIpc) is 3.89.